The van der Waals surface area contributed by atoms with Crippen LogP contribution >= 0.6 is 0 Å². The number of nitrogens with one attached hydrogen (secondary N) is 3. The Bertz CT molecular complexity index is 441. The second-order valence-corrected chi connectivity index (χ2v) is 4.24. The summed E-state index contributed by atoms with van der Waals surface area (Å²) in [7, 11) is 0. The molecule has 0 fully saturated rings. The van der Waals surface area contributed by atoms with Crippen LogP contribution in [0.4, 0.5) is 0 Å². The van der Waals surface area contributed by atoms with Gasteiger partial charge in [0, 0.05) is 17.1 Å². The summed E-state index contributed by atoms with van der Waals surface area (Å²) in [5.74, 6) is 0. The van der Waals surface area contributed by atoms with Crippen molar-refractivity contribution < 1.29 is 55.2 Å². The van der Waals surface area contributed by atoms with Gasteiger partial charge in [-0.2, -0.15) is 0 Å². The minimum absolute atomic E-state index is 0. The Labute approximate surface area is 177 Å². The third-order valence-electron chi connectivity index (χ3n) is 2.54. The predicted molar refractivity (Wildman–Crippen MR) is 90.9 cm³/mol. The van der Waals surface area contributed by atoms with E-state index in [2.05, 4.69) is 15.5 Å². The van der Waals surface area contributed by atoms with Crippen molar-refractivity contribution in [2.45, 2.75) is 41.5 Å². The van der Waals surface area contributed by atoms with Crippen molar-refractivity contribution in [1.29, 1.82) is 0 Å². The van der Waals surface area contributed by atoms with Crippen molar-refractivity contribution in [1.82, 2.24) is 16.4 Å². The molecule has 8 N–H and O–H groups in total. The van der Waals surface area contributed by atoms with Gasteiger partial charge in [-0.25, -0.2) is 0 Å². The van der Waals surface area contributed by atoms with Gasteiger partial charge in [0.1, 0.15) is 17.1 Å². The van der Waals surface area contributed by atoms with Crippen LogP contribution in [-0.2, 0) is 34.1 Å². The van der Waals surface area contributed by atoms with Gasteiger partial charge in [0.05, 0.1) is 17.1 Å². The van der Waals surface area contributed by atoms with Crippen LogP contribution in [0.2, 0.25) is 0 Å². The van der Waals surface area contributed by atoms with Gasteiger partial charge < -0.3 is 5.48 Å². The van der Waals surface area contributed by atoms with E-state index in [0.29, 0.717) is 17.1 Å². The molecule has 0 aromatic heterocycles. The second kappa shape index (κ2) is 26.5. The Kier molecular flexibility index (Phi) is 39.4. The Morgan fingerprint density at radius 2 is 0.741 bits per heavy atom. The van der Waals surface area contributed by atoms with Crippen molar-refractivity contribution in [3.8, 4) is 0 Å². The summed E-state index contributed by atoms with van der Waals surface area (Å²) in [4.78, 5) is 28.9. The van der Waals surface area contributed by atoms with E-state index in [9.17, 15) is 14.7 Å². The third kappa shape index (κ3) is 24.3. The molecule has 0 aliphatic carbocycles. The van der Waals surface area contributed by atoms with E-state index in [0.717, 1.165) is 0 Å². The number of nitroso groups, excluding NO2 is 3. The number of rotatable bonds is 6. The second-order valence-electron chi connectivity index (χ2n) is 4.24. The molecule has 0 saturated heterocycles. The zero-order valence-electron chi connectivity index (χ0n) is 15.5. The first-order valence-electron chi connectivity index (χ1n) is 6.39. The van der Waals surface area contributed by atoms with Crippen molar-refractivity contribution in [2.75, 3.05) is 0 Å². The van der Waals surface area contributed by atoms with Crippen molar-refractivity contribution in [3.63, 3.8) is 0 Å². The van der Waals surface area contributed by atoms with Crippen LogP contribution in [-0.4, -0.2) is 21.1 Å². The quantitative estimate of drug-likeness (QED) is 0.181. The van der Waals surface area contributed by atoms with E-state index in [1.807, 2.05) is 0 Å². The van der Waals surface area contributed by atoms with E-state index in [1.165, 1.54) is 20.8 Å². The molecular weight excluding hydrogens is 467 g/mol. The predicted octanol–water partition coefficient (Wildman–Crippen LogP) is 2.12. The molecule has 0 heterocycles. The molecule has 0 aromatic rings. The van der Waals surface area contributed by atoms with Crippen molar-refractivity contribution in [3.05, 3.63) is 48.9 Å². The molecule has 0 unspecified atom stereocenters. The van der Waals surface area contributed by atoms with Crippen LogP contribution in [0.15, 0.2) is 49.7 Å². The van der Waals surface area contributed by atoms with Crippen molar-refractivity contribution in [2.24, 2.45) is 15.5 Å². The van der Waals surface area contributed by atoms with Crippen molar-refractivity contribution >= 4 is 0 Å². The van der Waals surface area contributed by atoms with E-state index < -0.39 is 0 Å². The van der Waals surface area contributed by atoms with Crippen LogP contribution in [0, 0.1) is 14.7 Å². The van der Waals surface area contributed by atoms with Crippen LogP contribution < -0.4 is 16.4 Å². The molecule has 15 heteroatoms. The van der Waals surface area contributed by atoms with E-state index in [1.54, 1.807) is 37.2 Å². The number of hydrogen-bond acceptors (Lipinski definition) is 12. The topological polar surface area (TPSA) is 217 Å². The van der Waals surface area contributed by atoms with Crippen LogP contribution in [0.5, 0.6) is 0 Å². The van der Waals surface area contributed by atoms with Gasteiger partial charge in [-0.15, -0.1) is 14.7 Å². The average Bonchev–Trinajstić information content (AvgIpc) is 2.64. The first-order chi connectivity index (χ1) is 11.2. The molecule has 27 heavy (non-hydrogen) atoms. The van der Waals surface area contributed by atoms with Crippen LogP contribution in [0.3, 0.4) is 0 Å². The maximum atomic E-state index is 9.65. The number of nitrogens with zero attached hydrogens (tertiary/aromatic N) is 3. The molecule has 13 nitrogen and oxygen atoms in total. The molecule has 0 amide bonds. The Balaban J connectivity index is -0.0000000580. The molecule has 0 saturated carbocycles. The first kappa shape index (κ1) is 40.1. The van der Waals surface area contributed by atoms with Gasteiger partial charge >= 0.3 is 17.1 Å². The fourth-order valence-electron chi connectivity index (χ4n) is 0.448. The van der Waals surface area contributed by atoms with Gasteiger partial charge in [-0.1, -0.05) is 0 Å². The molecule has 0 aliphatic rings. The maximum absolute atomic E-state index is 9.65. The third-order valence-corrected chi connectivity index (χ3v) is 2.54. The average molecular weight is 493 g/mol. The largest absolute Gasteiger partial charge is 1.00 e. The summed E-state index contributed by atoms with van der Waals surface area (Å²) in [6, 6.07) is 0. The minimum atomic E-state index is 0. The fourth-order valence-corrected chi connectivity index (χ4v) is 0.448. The monoisotopic (exact) mass is 492 g/mol. The molecule has 167 valence electrons. The van der Waals surface area contributed by atoms with Gasteiger partial charge in [-0.05, 0) is 57.1 Å². The van der Waals surface area contributed by atoms with Gasteiger partial charge in [0.15, 0.2) is 0 Å². The summed E-state index contributed by atoms with van der Waals surface area (Å²) >= 11 is 0. The van der Waals surface area contributed by atoms with E-state index in [4.69, 9.17) is 15.6 Å². The van der Waals surface area contributed by atoms with Gasteiger partial charge in [-0.3, -0.25) is 32.1 Å². The Hall–Kier alpha value is -1.70. The van der Waals surface area contributed by atoms with Gasteiger partial charge in [0.25, 0.3) is 0 Å². The number of hydroxylamine groups is 3. The summed E-state index contributed by atoms with van der Waals surface area (Å²) in [6.45, 7) is 9.17. The minimum Gasteiger partial charge on any atom is -0.412 e. The van der Waals surface area contributed by atoms with Crippen LogP contribution in [0.25, 0.3) is 0 Å². The molecule has 0 bridgehead atoms. The molecule has 0 rings (SSSR count). The summed E-state index contributed by atoms with van der Waals surface area (Å²) in [5, 5.41) is 32.1. The molecule has 0 aromatic carbocycles. The number of hydrogen-bond donors (Lipinski definition) is 6. The summed E-state index contributed by atoms with van der Waals surface area (Å²) < 4.78 is 0. The Morgan fingerprint density at radius 1 is 0.593 bits per heavy atom. The van der Waals surface area contributed by atoms with Crippen LogP contribution in [0.1, 0.15) is 41.5 Å². The SMILES string of the molecule is CC(N=O)=C(C)NO.CC(N=O)=C(C)NO.CC(N=O)=C(C)NO.O.[Cu+].[Cu]. The van der Waals surface area contributed by atoms with E-state index >= 15 is 0 Å². The summed E-state index contributed by atoms with van der Waals surface area (Å²) in [6.07, 6.45) is 0. The molecule has 0 atom stereocenters. The molecule has 0 spiro atoms. The summed E-state index contributed by atoms with van der Waals surface area (Å²) in [5.41, 5.74) is 7.30. The molecular formula is C12H26Cu2N6O7+. The standard InChI is InChI=1S/3C4H8N2O2.2Cu.H2O/c3*1-3(5-7)4(2)6-8;;;/h3*5,7H,1-2H3;;;1H2/q;;;;+1;. The Morgan fingerprint density at radius 3 is 0.778 bits per heavy atom. The smallest absolute Gasteiger partial charge is 0.412 e. The maximum Gasteiger partial charge on any atom is 1.00 e. The van der Waals surface area contributed by atoms with E-state index in [-0.39, 0.29) is 56.7 Å². The zero-order valence-corrected chi connectivity index (χ0v) is 17.4. The molecule has 1 radical (unpaired) electrons. The fraction of sp³-hybridized carbons (Fsp3) is 0.500. The molecule has 0 aliphatic heterocycles. The normalized spacial score (nSPS) is 11.0. The number of allylic oxidation sites excluding steroid dienone is 6. The first-order valence-corrected chi connectivity index (χ1v) is 6.39. The zero-order chi connectivity index (χ0) is 19.7. The van der Waals surface area contributed by atoms with Gasteiger partial charge in [0.2, 0.25) is 0 Å².